The number of ether oxygens (including phenoxy) is 1. The highest BCUT2D eigenvalue weighted by Gasteiger charge is 2.48. The van der Waals surface area contributed by atoms with Crippen LogP contribution in [0.1, 0.15) is 54.4 Å². The molecule has 2 aromatic rings. The zero-order valence-corrected chi connectivity index (χ0v) is 19.8. The van der Waals surface area contributed by atoms with Crippen molar-refractivity contribution in [2.45, 2.75) is 44.1 Å². The van der Waals surface area contributed by atoms with E-state index in [2.05, 4.69) is 5.32 Å². The van der Waals surface area contributed by atoms with Crippen molar-refractivity contribution in [3.05, 3.63) is 64.7 Å². The van der Waals surface area contributed by atoms with Crippen LogP contribution in [0.15, 0.2) is 48.5 Å². The number of nitrogens with one attached hydrogen (secondary N) is 1. The molecule has 2 fully saturated rings. The Labute approximate surface area is 203 Å². The van der Waals surface area contributed by atoms with Gasteiger partial charge in [0.2, 0.25) is 5.91 Å². The fraction of sp³-hybridized carbons (Fsp3) is 0.385. The van der Waals surface area contributed by atoms with Gasteiger partial charge in [0.05, 0.1) is 5.56 Å². The van der Waals surface area contributed by atoms with E-state index in [1.165, 1.54) is 11.0 Å². The molecule has 8 heteroatoms. The number of anilines is 1. The summed E-state index contributed by atoms with van der Waals surface area (Å²) in [5.74, 6) is -1.29. The van der Waals surface area contributed by atoms with Crippen LogP contribution in [0.25, 0.3) is 0 Å². The first-order valence-corrected chi connectivity index (χ1v) is 11.8. The van der Waals surface area contributed by atoms with E-state index in [0.29, 0.717) is 29.1 Å². The minimum absolute atomic E-state index is 0.0386. The predicted molar refractivity (Wildman–Crippen MR) is 127 cm³/mol. The molecule has 1 atom stereocenters. The van der Waals surface area contributed by atoms with E-state index in [-0.39, 0.29) is 23.2 Å². The Hall–Kier alpha value is -3.19. The number of hydrogen-bond acceptors (Lipinski definition) is 5. The third-order valence-corrected chi connectivity index (χ3v) is 6.89. The Morgan fingerprint density at radius 3 is 2.59 bits per heavy atom. The van der Waals surface area contributed by atoms with Crippen molar-refractivity contribution in [3.63, 3.8) is 0 Å². The first-order valence-electron chi connectivity index (χ1n) is 11.5. The molecule has 178 valence electrons. The summed E-state index contributed by atoms with van der Waals surface area (Å²) < 4.78 is 5.28. The molecule has 34 heavy (non-hydrogen) atoms. The number of carbonyl (C=O) groups is 4. The molecule has 0 bridgehead atoms. The monoisotopic (exact) mass is 482 g/mol. The van der Waals surface area contributed by atoms with E-state index in [1.807, 2.05) is 0 Å². The number of rotatable bonds is 7. The van der Waals surface area contributed by atoms with Crippen LogP contribution in [0.3, 0.4) is 0 Å². The van der Waals surface area contributed by atoms with Gasteiger partial charge in [-0.25, -0.2) is 4.79 Å². The zero-order valence-electron chi connectivity index (χ0n) is 19.0. The highest BCUT2D eigenvalue weighted by atomic mass is 35.5. The van der Waals surface area contributed by atoms with Crippen molar-refractivity contribution in [1.29, 1.82) is 0 Å². The molecule has 0 spiro atoms. The number of amides is 2. The third kappa shape index (κ3) is 4.85. The molecule has 0 saturated heterocycles. The first kappa shape index (κ1) is 24.0. The van der Waals surface area contributed by atoms with Gasteiger partial charge < -0.3 is 15.0 Å². The number of halogens is 1. The van der Waals surface area contributed by atoms with Crippen LogP contribution in [0.5, 0.6) is 0 Å². The van der Waals surface area contributed by atoms with Crippen LogP contribution in [0.2, 0.25) is 5.02 Å². The van der Waals surface area contributed by atoms with Crippen molar-refractivity contribution < 1.29 is 23.9 Å². The minimum Gasteiger partial charge on any atom is -0.452 e. The van der Waals surface area contributed by atoms with Gasteiger partial charge in [-0.3, -0.25) is 14.4 Å². The Bertz CT molecular complexity index is 1130. The lowest BCUT2D eigenvalue weighted by Crippen LogP contribution is -2.55. The molecule has 2 aliphatic carbocycles. The lowest BCUT2D eigenvalue weighted by molar-refractivity contribution is -0.150. The smallest absolute Gasteiger partial charge is 0.338 e. The van der Waals surface area contributed by atoms with Crippen LogP contribution >= 0.6 is 11.6 Å². The summed E-state index contributed by atoms with van der Waals surface area (Å²) in [5.41, 5.74) is 0.120. The van der Waals surface area contributed by atoms with E-state index >= 15 is 0 Å². The van der Waals surface area contributed by atoms with Crippen LogP contribution in [0.4, 0.5) is 5.69 Å². The van der Waals surface area contributed by atoms with Crippen molar-refractivity contribution >= 4 is 40.9 Å². The molecule has 7 nitrogen and oxygen atoms in total. The van der Waals surface area contributed by atoms with E-state index < -0.39 is 24.0 Å². The van der Waals surface area contributed by atoms with Crippen LogP contribution in [0, 0.1) is 5.92 Å². The van der Waals surface area contributed by atoms with Crippen molar-refractivity contribution in [2.24, 2.45) is 5.92 Å². The van der Waals surface area contributed by atoms with Crippen molar-refractivity contribution in [2.75, 3.05) is 19.0 Å². The zero-order chi connectivity index (χ0) is 24.3. The maximum Gasteiger partial charge on any atom is 0.338 e. The molecular formula is C26H27ClN2O5. The van der Waals surface area contributed by atoms with Gasteiger partial charge in [0.1, 0.15) is 5.54 Å². The lowest BCUT2D eigenvalue weighted by atomic mass is 9.74. The summed E-state index contributed by atoms with van der Waals surface area (Å²) >= 11 is 6.44. The van der Waals surface area contributed by atoms with E-state index in [1.54, 1.807) is 49.5 Å². The van der Waals surface area contributed by atoms with Crippen LogP contribution < -0.4 is 5.32 Å². The maximum atomic E-state index is 13.2. The molecule has 0 aliphatic heterocycles. The fourth-order valence-corrected chi connectivity index (χ4v) is 4.76. The topological polar surface area (TPSA) is 92.8 Å². The van der Waals surface area contributed by atoms with E-state index in [0.717, 1.165) is 25.7 Å². The summed E-state index contributed by atoms with van der Waals surface area (Å²) in [6.07, 6.45) is 4.09. The predicted octanol–water partition coefficient (Wildman–Crippen LogP) is 4.34. The van der Waals surface area contributed by atoms with Gasteiger partial charge in [-0.05, 0) is 56.4 Å². The number of carbonyl (C=O) groups excluding carboxylic acids is 4. The first-order chi connectivity index (χ1) is 16.3. The van der Waals surface area contributed by atoms with E-state index in [9.17, 15) is 19.2 Å². The number of esters is 1. The molecule has 1 N–H and O–H groups in total. The highest BCUT2D eigenvalue weighted by Crippen LogP contribution is 2.42. The third-order valence-electron chi connectivity index (χ3n) is 6.56. The Kier molecular flexibility index (Phi) is 7.03. The van der Waals surface area contributed by atoms with Gasteiger partial charge in [-0.15, -0.1) is 0 Å². The fourth-order valence-electron chi connectivity index (χ4n) is 4.46. The standard InChI is InChI=1S/C26H27ClN2O5/c1-29(26(14-5-4-11-22(26)30)20-9-2-3-10-21(20)27)23(31)16-34-25(33)18-7-6-8-19(15-18)28-24(32)17-12-13-17/h2-3,6-10,15,17H,4-5,11-14,16H2,1H3,(H,28,32). The van der Waals surface area contributed by atoms with Crippen LogP contribution in [-0.2, 0) is 24.7 Å². The van der Waals surface area contributed by atoms with Gasteiger partial charge in [0.25, 0.3) is 5.91 Å². The molecular weight excluding hydrogens is 456 g/mol. The molecule has 1 unspecified atom stereocenters. The Morgan fingerprint density at radius 1 is 1.12 bits per heavy atom. The summed E-state index contributed by atoms with van der Waals surface area (Å²) in [6.45, 7) is -0.520. The van der Waals surface area contributed by atoms with Crippen molar-refractivity contribution in [3.8, 4) is 0 Å². The average molecular weight is 483 g/mol. The molecule has 0 heterocycles. The summed E-state index contributed by atoms with van der Waals surface area (Å²) in [4.78, 5) is 52.2. The number of nitrogens with zero attached hydrogens (tertiary/aromatic N) is 1. The molecule has 0 aromatic heterocycles. The van der Waals surface area contributed by atoms with Gasteiger partial charge in [0.15, 0.2) is 12.4 Å². The molecule has 2 saturated carbocycles. The van der Waals surface area contributed by atoms with E-state index in [4.69, 9.17) is 16.3 Å². The summed E-state index contributed by atoms with van der Waals surface area (Å²) in [7, 11) is 1.55. The van der Waals surface area contributed by atoms with Gasteiger partial charge in [-0.1, -0.05) is 35.9 Å². The largest absolute Gasteiger partial charge is 0.452 e. The number of benzene rings is 2. The Morgan fingerprint density at radius 2 is 1.88 bits per heavy atom. The number of likely N-dealkylation sites (N-methyl/N-ethyl adjacent to an activating group) is 1. The van der Waals surface area contributed by atoms with Gasteiger partial charge in [0, 0.05) is 35.7 Å². The summed E-state index contributed by atoms with van der Waals surface area (Å²) in [5, 5.41) is 3.20. The van der Waals surface area contributed by atoms with Gasteiger partial charge >= 0.3 is 5.97 Å². The number of ketones is 1. The van der Waals surface area contributed by atoms with Gasteiger partial charge in [-0.2, -0.15) is 0 Å². The second-order valence-electron chi connectivity index (χ2n) is 8.84. The molecule has 2 amide bonds. The summed E-state index contributed by atoms with van der Waals surface area (Å²) in [6, 6.07) is 13.4. The lowest BCUT2D eigenvalue weighted by Gasteiger charge is -2.43. The van der Waals surface area contributed by atoms with Crippen molar-refractivity contribution in [1.82, 2.24) is 4.90 Å². The van der Waals surface area contributed by atoms with Crippen LogP contribution in [-0.4, -0.2) is 42.1 Å². The second-order valence-corrected chi connectivity index (χ2v) is 9.25. The quantitative estimate of drug-likeness (QED) is 0.592. The second kappa shape index (κ2) is 9.97. The molecule has 4 rings (SSSR count). The molecule has 2 aliphatic rings. The maximum absolute atomic E-state index is 13.2. The average Bonchev–Trinajstić information content (AvgIpc) is 3.69. The highest BCUT2D eigenvalue weighted by molar-refractivity contribution is 6.31. The normalized spacial score (nSPS) is 19.9. The molecule has 2 aromatic carbocycles. The molecule has 0 radical (unpaired) electrons. The SMILES string of the molecule is CN(C(=O)COC(=O)c1cccc(NC(=O)C2CC2)c1)C1(c2ccccc2Cl)CCCCC1=O. The minimum atomic E-state index is -1.19. The number of Topliss-reactive ketones (excluding diaryl/α,β-unsaturated/α-hetero) is 1. The number of hydrogen-bond donors (Lipinski definition) is 1. The Balaban J connectivity index is 1.46.